The average Bonchev–Trinajstić information content (AvgIpc) is 3.23. The Morgan fingerprint density at radius 2 is 1.77 bits per heavy atom. The summed E-state index contributed by atoms with van der Waals surface area (Å²) in [6.07, 6.45) is 4.24. The molecule has 3 aromatic rings. The van der Waals surface area contributed by atoms with Crippen LogP contribution in [0.3, 0.4) is 0 Å². The van der Waals surface area contributed by atoms with Crippen LogP contribution in [-0.2, 0) is 24.3 Å². The van der Waals surface area contributed by atoms with E-state index in [-0.39, 0.29) is 5.91 Å². The van der Waals surface area contributed by atoms with Gasteiger partial charge in [0.05, 0.1) is 12.1 Å². The molecule has 1 aliphatic rings. The maximum absolute atomic E-state index is 12.5. The lowest BCUT2D eigenvalue weighted by molar-refractivity contribution is -0.120. The van der Waals surface area contributed by atoms with E-state index < -0.39 is 0 Å². The second-order valence-corrected chi connectivity index (χ2v) is 8.93. The summed E-state index contributed by atoms with van der Waals surface area (Å²) in [6, 6.07) is 16.8. The van der Waals surface area contributed by atoms with Gasteiger partial charge in [-0.05, 0) is 44.0 Å². The Bertz CT molecular complexity index is 974. The molecule has 2 heterocycles. The van der Waals surface area contributed by atoms with Gasteiger partial charge >= 0.3 is 0 Å². The predicted molar refractivity (Wildman–Crippen MR) is 123 cm³/mol. The highest BCUT2D eigenvalue weighted by Crippen LogP contribution is 2.24. The molecule has 0 saturated carbocycles. The van der Waals surface area contributed by atoms with Crippen molar-refractivity contribution in [2.75, 3.05) is 13.1 Å². The van der Waals surface area contributed by atoms with Crippen LogP contribution in [0.2, 0.25) is 0 Å². The fourth-order valence-electron chi connectivity index (χ4n) is 3.88. The molecule has 30 heavy (non-hydrogen) atoms. The zero-order chi connectivity index (χ0) is 20.8. The number of hydrogen-bond donors (Lipinski definition) is 1. The van der Waals surface area contributed by atoms with E-state index in [0.29, 0.717) is 13.0 Å². The van der Waals surface area contributed by atoms with Crippen LogP contribution in [0.25, 0.3) is 10.6 Å². The van der Waals surface area contributed by atoms with Crippen LogP contribution in [0.15, 0.2) is 53.9 Å². The van der Waals surface area contributed by atoms with Crippen molar-refractivity contribution in [1.82, 2.24) is 15.2 Å². The smallest absolute Gasteiger partial charge is 0.226 e. The van der Waals surface area contributed by atoms with Gasteiger partial charge in [0, 0.05) is 24.0 Å². The van der Waals surface area contributed by atoms with Gasteiger partial charge in [0.2, 0.25) is 5.91 Å². The number of amides is 1. The van der Waals surface area contributed by atoms with Gasteiger partial charge in [0.25, 0.3) is 0 Å². The van der Waals surface area contributed by atoms with Crippen molar-refractivity contribution in [2.45, 2.75) is 45.7 Å². The first kappa shape index (κ1) is 20.8. The van der Waals surface area contributed by atoms with E-state index >= 15 is 0 Å². The van der Waals surface area contributed by atoms with Crippen molar-refractivity contribution in [3.8, 4) is 10.6 Å². The van der Waals surface area contributed by atoms with E-state index in [1.807, 2.05) is 5.38 Å². The highest BCUT2D eigenvalue weighted by atomic mass is 32.1. The number of thiazole rings is 1. The lowest BCUT2D eigenvalue weighted by atomic mass is 10.0. The monoisotopic (exact) mass is 419 g/mol. The third-order valence-electron chi connectivity index (χ3n) is 5.63. The molecule has 4 nitrogen and oxygen atoms in total. The lowest BCUT2D eigenvalue weighted by Crippen LogP contribution is -2.30. The molecule has 5 heteroatoms. The first-order valence-electron chi connectivity index (χ1n) is 10.7. The molecule has 0 bridgehead atoms. The molecule has 156 valence electrons. The predicted octanol–water partition coefficient (Wildman–Crippen LogP) is 4.96. The van der Waals surface area contributed by atoms with E-state index in [0.717, 1.165) is 22.8 Å². The Kier molecular flexibility index (Phi) is 6.92. The van der Waals surface area contributed by atoms with Crippen molar-refractivity contribution in [1.29, 1.82) is 0 Å². The summed E-state index contributed by atoms with van der Waals surface area (Å²) < 4.78 is 0. The molecular weight excluding hydrogens is 390 g/mol. The number of aromatic nitrogens is 1. The van der Waals surface area contributed by atoms with Crippen LogP contribution in [0, 0.1) is 6.92 Å². The number of aryl methyl sites for hydroxylation is 1. The molecule has 0 atom stereocenters. The van der Waals surface area contributed by atoms with Gasteiger partial charge < -0.3 is 5.32 Å². The van der Waals surface area contributed by atoms with Crippen molar-refractivity contribution in [3.63, 3.8) is 0 Å². The van der Waals surface area contributed by atoms with Crippen LogP contribution in [0.1, 0.15) is 41.6 Å². The number of rotatable bonds is 7. The minimum Gasteiger partial charge on any atom is -0.352 e. The van der Waals surface area contributed by atoms with Gasteiger partial charge in [0.1, 0.15) is 5.01 Å². The van der Waals surface area contributed by atoms with E-state index in [4.69, 9.17) is 0 Å². The topological polar surface area (TPSA) is 45.2 Å². The number of hydrogen-bond acceptors (Lipinski definition) is 4. The number of likely N-dealkylation sites (tertiary alicyclic amines) is 1. The minimum atomic E-state index is 0.0172. The Labute approximate surface area is 183 Å². The van der Waals surface area contributed by atoms with Gasteiger partial charge in [-0.25, -0.2) is 4.98 Å². The molecule has 1 saturated heterocycles. The molecule has 1 aliphatic heterocycles. The first-order valence-corrected chi connectivity index (χ1v) is 11.6. The second kappa shape index (κ2) is 10.0. The molecule has 1 amide bonds. The zero-order valence-corrected chi connectivity index (χ0v) is 18.4. The maximum atomic E-state index is 12.5. The molecular formula is C25H29N3OS. The summed E-state index contributed by atoms with van der Waals surface area (Å²) >= 11 is 1.59. The molecule has 1 fully saturated rings. The molecule has 4 rings (SSSR count). The average molecular weight is 420 g/mol. The summed E-state index contributed by atoms with van der Waals surface area (Å²) in [7, 11) is 0. The Morgan fingerprint density at radius 1 is 1.03 bits per heavy atom. The highest BCUT2D eigenvalue weighted by Gasteiger charge is 2.13. The quantitative estimate of drug-likeness (QED) is 0.588. The Balaban J connectivity index is 1.32. The number of benzene rings is 2. The number of piperidine rings is 1. The normalized spacial score (nSPS) is 14.6. The standard InChI is InChI=1S/C25H29N3OS/c1-19-9-11-20(12-10-19)25-27-23(18-30-25)15-24(29)26-16-21-7-3-4-8-22(21)17-28-13-5-2-6-14-28/h3-4,7-12,18H,2,5-6,13-17H2,1H3,(H,26,29). The van der Waals surface area contributed by atoms with Gasteiger partial charge in [-0.15, -0.1) is 11.3 Å². The second-order valence-electron chi connectivity index (χ2n) is 8.07. The molecule has 1 N–H and O–H groups in total. The zero-order valence-electron chi connectivity index (χ0n) is 17.6. The number of nitrogens with zero attached hydrogens (tertiary/aromatic N) is 2. The van der Waals surface area contributed by atoms with Crippen molar-refractivity contribution < 1.29 is 4.79 Å². The molecule has 0 spiro atoms. The van der Waals surface area contributed by atoms with Crippen LogP contribution < -0.4 is 5.32 Å². The van der Waals surface area contributed by atoms with E-state index in [1.54, 1.807) is 11.3 Å². The van der Waals surface area contributed by atoms with Gasteiger partial charge in [-0.1, -0.05) is 60.5 Å². The maximum Gasteiger partial charge on any atom is 0.226 e. The van der Waals surface area contributed by atoms with E-state index in [2.05, 4.69) is 70.7 Å². The van der Waals surface area contributed by atoms with Gasteiger partial charge in [-0.3, -0.25) is 9.69 Å². The van der Waals surface area contributed by atoms with Crippen molar-refractivity contribution >= 4 is 17.2 Å². The van der Waals surface area contributed by atoms with Crippen LogP contribution in [0.4, 0.5) is 0 Å². The molecule has 0 radical (unpaired) electrons. The van der Waals surface area contributed by atoms with Gasteiger partial charge in [0.15, 0.2) is 0 Å². The summed E-state index contributed by atoms with van der Waals surface area (Å²) in [5, 5.41) is 6.04. The molecule has 0 unspecified atom stereocenters. The summed E-state index contributed by atoms with van der Waals surface area (Å²) in [4.78, 5) is 19.7. The number of nitrogens with one attached hydrogen (secondary N) is 1. The number of carbonyl (C=O) groups excluding carboxylic acids is 1. The Morgan fingerprint density at radius 3 is 2.53 bits per heavy atom. The largest absolute Gasteiger partial charge is 0.352 e. The van der Waals surface area contributed by atoms with Crippen LogP contribution >= 0.6 is 11.3 Å². The van der Waals surface area contributed by atoms with Crippen molar-refractivity contribution in [2.24, 2.45) is 0 Å². The summed E-state index contributed by atoms with van der Waals surface area (Å²) in [6.45, 7) is 5.96. The Hall–Kier alpha value is -2.50. The van der Waals surface area contributed by atoms with E-state index in [9.17, 15) is 4.79 Å². The lowest BCUT2D eigenvalue weighted by Gasteiger charge is -2.27. The molecule has 1 aromatic heterocycles. The third kappa shape index (κ3) is 5.55. The highest BCUT2D eigenvalue weighted by molar-refractivity contribution is 7.13. The molecule has 2 aromatic carbocycles. The third-order valence-corrected chi connectivity index (χ3v) is 6.57. The minimum absolute atomic E-state index is 0.0172. The van der Waals surface area contributed by atoms with Gasteiger partial charge in [-0.2, -0.15) is 0 Å². The van der Waals surface area contributed by atoms with E-state index in [1.165, 1.54) is 49.0 Å². The SMILES string of the molecule is Cc1ccc(-c2nc(CC(=O)NCc3ccccc3CN3CCCCC3)cs2)cc1. The number of carbonyl (C=O) groups is 1. The van der Waals surface area contributed by atoms with Crippen molar-refractivity contribution in [3.05, 3.63) is 76.3 Å². The summed E-state index contributed by atoms with van der Waals surface area (Å²) in [5.74, 6) is 0.0172. The first-order chi connectivity index (χ1) is 14.7. The summed E-state index contributed by atoms with van der Waals surface area (Å²) in [5.41, 5.74) is 5.68. The fraction of sp³-hybridized carbons (Fsp3) is 0.360. The van der Waals surface area contributed by atoms with Crippen LogP contribution in [-0.4, -0.2) is 28.9 Å². The molecule has 0 aliphatic carbocycles. The van der Waals surface area contributed by atoms with Crippen LogP contribution in [0.5, 0.6) is 0 Å². The fourth-order valence-corrected chi connectivity index (χ4v) is 4.71.